The highest BCUT2D eigenvalue weighted by Gasteiger charge is 2.17. The number of fused-ring (bicyclic) bond motifs is 1. The van der Waals surface area contributed by atoms with Gasteiger partial charge in [0.2, 0.25) is 0 Å². The molecular weight excluding hydrogens is 292 g/mol. The Labute approximate surface area is 115 Å². The quantitative estimate of drug-likeness (QED) is 0.526. The molecule has 0 fully saturated rings. The SMILES string of the molecule is Fc1cc(F)c(-n2c(=S)[nH]c3cc(F)ccc32)c(F)c1. The summed E-state index contributed by atoms with van der Waals surface area (Å²) in [4.78, 5) is 2.65. The van der Waals surface area contributed by atoms with E-state index < -0.39 is 29.0 Å². The van der Waals surface area contributed by atoms with Crippen molar-refractivity contribution >= 4 is 23.3 Å². The maximum Gasteiger partial charge on any atom is 0.182 e. The van der Waals surface area contributed by atoms with Crippen molar-refractivity contribution in [1.82, 2.24) is 9.55 Å². The van der Waals surface area contributed by atoms with Gasteiger partial charge in [0, 0.05) is 12.1 Å². The number of nitrogens with zero attached hydrogens (tertiary/aromatic N) is 1. The molecule has 1 aromatic heterocycles. The molecule has 0 atom stereocenters. The summed E-state index contributed by atoms with van der Waals surface area (Å²) in [7, 11) is 0. The van der Waals surface area contributed by atoms with E-state index in [9.17, 15) is 17.6 Å². The fourth-order valence-corrected chi connectivity index (χ4v) is 2.35. The number of imidazole rings is 1. The Bertz CT molecular complexity index is 859. The molecule has 0 aliphatic heterocycles. The first-order valence-corrected chi connectivity index (χ1v) is 5.93. The van der Waals surface area contributed by atoms with Gasteiger partial charge in [-0.2, -0.15) is 0 Å². The second-order valence-corrected chi connectivity index (χ2v) is 4.53. The zero-order valence-corrected chi connectivity index (χ0v) is 10.6. The predicted molar refractivity (Wildman–Crippen MR) is 68.3 cm³/mol. The molecule has 20 heavy (non-hydrogen) atoms. The topological polar surface area (TPSA) is 20.7 Å². The van der Waals surface area contributed by atoms with Gasteiger partial charge in [-0.1, -0.05) is 0 Å². The molecule has 0 bridgehead atoms. The normalized spacial score (nSPS) is 11.2. The summed E-state index contributed by atoms with van der Waals surface area (Å²) in [5.41, 5.74) is 0.0770. The molecule has 102 valence electrons. The van der Waals surface area contributed by atoms with Gasteiger partial charge in [0.25, 0.3) is 0 Å². The molecule has 0 aliphatic carbocycles. The van der Waals surface area contributed by atoms with Crippen molar-refractivity contribution in [2.24, 2.45) is 0 Å². The third kappa shape index (κ3) is 1.90. The molecule has 7 heteroatoms. The Morgan fingerprint density at radius 3 is 2.20 bits per heavy atom. The van der Waals surface area contributed by atoms with Gasteiger partial charge in [0.1, 0.15) is 17.3 Å². The minimum absolute atomic E-state index is 0.0185. The van der Waals surface area contributed by atoms with Gasteiger partial charge in [0.05, 0.1) is 11.0 Å². The van der Waals surface area contributed by atoms with Crippen LogP contribution in [-0.2, 0) is 0 Å². The van der Waals surface area contributed by atoms with Crippen LogP contribution in [0, 0.1) is 28.0 Å². The molecule has 0 saturated heterocycles. The third-order valence-corrected chi connectivity index (χ3v) is 3.13. The molecule has 0 radical (unpaired) electrons. The highest BCUT2D eigenvalue weighted by molar-refractivity contribution is 7.71. The fraction of sp³-hybridized carbons (Fsp3) is 0. The maximum absolute atomic E-state index is 13.8. The van der Waals surface area contributed by atoms with Gasteiger partial charge in [0.15, 0.2) is 16.4 Å². The molecule has 1 heterocycles. The van der Waals surface area contributed by atoms with E-state index in [0.717, 1.165) is 16.7 Å². The molecule has 0 saturated carbocycles. The molecule has 3 rings (SSSR count). The first-order chi connectivity index (χ1) is 9.47. The number of aromatic nitrogens is 2. The molecule has 0 unspecified atom stereocenters. The number of benzene rings is 2. The Hall–Kier alpha value is -2.15. The van der Waals surface area contributed by atoms with Crippen LogP contribution in [0.5, 0.6) is 0 Å². The van der Waals surface area contributed by atoms with Crippen molar-refractivity contribution in [3.05, 3.63) is 58.4 Å². The van der Waals surface area contributed by atoms with Gasteiger partial charge in [-0.05, 0) is 30.4 Å². The zero-order valence-electron chi connectivity index (χ0n) is 9.75. The lowest BCUT2D eigenvalue weighted by atomic mass is 10.2. The van der Waals surface area contributed by atoms with E-state index in [1.54, 1.807) is 0 Å². The maximum atomic E-state index is 13.8. The standard InChI is InChI=1S/C13H6F4N2S/c14-6-1-2-11-10(5-6)18-13(20)19(11)12-8(16)3-7(15)4-9(12)17/h1-5H,(H,18,20). The van der Waals surface area contributed by atoms with Crippen molar-refractivity contribution in [2.45, 2.75) is 0 Å². The van der Waals surface area contributed by atoms with E-state index >= 15 is 0 Å². The Kier molecular flexibility index (Phi) is 2.86. The van der Waals surface area contributed by atoms with Crippen LogP contribution >= 0.6 is 12.2 Å². The summed E-state index contributed by atoms with van der Waals surface area (Å²) in [6, 6.07) is 4.74. The van der Waals surface area contributed by atoms with E-state index in [0.29, 0.717) is 17.6 Å². The number of hydrogen-bond donors (Lipinski definition) is 1. The van der Waals surface area contributed by atoms with Gasteiger partial charge in [-0.3, -0.25) is 4.57 Å². The van der Waals surface area contributed by atoms with E-state index in [1.807, 2.05) is 0 Å². The van der Waals surface area contributed by atoms with E-state index in [-0.39, 0.29) is 10.3 Å². The minimum Gasteiger partial charge on any atom is -0.330 e. The monoisotopic (exact) mass is 298 g/mol. The lowest BCUT2D eigenvalue weighted by molar-refractivity contribution is 0.535. The van der Waals surface area contributed by atoms with Crippen LogP contribution in [-0.4, -0.2) is 9.55 Å². The van der Waals surface area contributed by atoms with Crippen LogP contribution in [0.15, 0.2) is 30.3 Å². The van der Waals surface area contributed by atoms with Crippen LogP contribution in [0.1, 0.15) is 0 Å². The molecule has 0 amide bonds. The second kappa shape index (κ2) is 4.45. The van der Waals surface area contributed by atoms with Crippen LogP contribution in [0.3, 0.4) is 0 Å². The number of halogens is 4. The Balaban J connectivity index is 2.41. The molecule has 0 aliphatic rings. The van der Waals surface area contributed by atoms with Gasteiger partial charge < -0.3 is 4.98 Å². The van der Waals surface area contributed by atoms with Gasteiger partial charge in [-0.15, -0.1) is 0 Å². The number of H-pyrrole nitrogens is 1. The van der Waals surface area contributed by atoms with E-state index in [4.69, 9.17) is 12.2 Å². The number of hydrogen-bond acceptors (Lipinski definition) is 1. The highest BCUT2D eigenvalue weighted by atomic mass is 32.1. The average molecular weight is 298 g/mol. The number of rotatable bonds is 1. The summed E-state index contributed by atoms with van der Waals surface area (Å²) in [5, 5.41) is 0. The lowest BCUT2D eigenvalue weighted by Crippen LogP contribution is -2.02. The zero-order chi connectivity index (χ0) is 14.4. The fourth-order valence-electron chi connectivity index (χ4n) is 2.05. The number of nitrogens with one attached hydrogen (secondary N) is 1. The van der Waals surface area contributed by atoms with Crippen molar-refractivity contribution in [3.8, 4) is 5.69 Å². The van der Waals surface area contributed by atoms with Crippen molar-refractivity contribution in [1.29, 1.82) is 0 Å². The molecule has 2 aromatic carbocycles. The minimum atomic E-state index is -1.09. The molecular formula is C13H6F4N2S. The predicted octanol–water partition coefficient (Wildman–Crippen LogP) is 4.24. The molecule has 1 N–H and O–H groups in total. The Morgan fingerprint density at radius 2 is 1.55 bits per heavy atom. The van der Waals surface area contributed by atoms with Crippen molar-refractivity contribution < 1.29 is 17.6 Å². The second-order valence-electron chi connectivity index (χ2n) is 4.15. The van der Waals surface area contributed by atoms with Crippen LogP contribution in [0.2, 0.25) is 0 Å². The van der Waals surface area contributed by atoms with Crippen LogP contribution in [0.25, 0.3) is 16.7 Å². The smallest absolute Gasteiger partial charge is 0.182 e. The van der Waals surface area contributed by atoms with E-state index in [2.05, 4.69) is 4.98 Å². The highest BCUT2D eigenvalue weighted by Crippen LogP contribution is 2.25. The summed E-state index contributed by atoms with van der Waals surface area (Å²) in [5.74, 6) is -3.73. The Morgan fingerprint density at radius 1 is 0.900 bits per heavy atom. The summed E-state index contributed by atoms with van der Waals surface area (Å²) in [6.07, 6.45) is 0. The lowest BCUT2D eigenvalue weighted by Gasteiger charge is -2.07. The van der Waals surface area contributed by atoms with Crippen LogP contribution < -0.4 is 0 Å². The average Bonchev–Trinajstić information content (AvgIpc) is 2.64. The van der Waals surface area contributed by atoms with Gasteiger partial charge in [-0.25, -0.2) is 17.6 Å². The van der Waals surface area contributed by atoms with E-state index in [1.165, 1.54) is 6.07 Å². The summed E-state index contributed by atoms with van der Waals surface area (Å²) >= 11 is 4.99. The van der Waals surface area contributed by atoms with Gasteiger partial charge >= 0.3 is 0 Å². The number of aromatic amines is 1. The van der Waals surface area contributed by atoms with Crippen molar-refractivity contribution in [3.63, 3.8) is 0 Å². The summed E-state index contributed by atoms with van der Waals surface area (Å²) in [6.45, 7) is 0. The third-order valence-electron chi connectivity index (χ3n) is 2.85. The first-order valence-electron chi connectivity index (χ1n) is 5.52. The van der Waals surface area contributed by atoms with Crippen LogP contribution in [0.4, 0.5) is 17.6 Å². The first kappa shape index (κ1) is 12.9. The molecule has 2 nitrogen and oxygen atoms in total. The largest absolute Gasteiger partial charge is 0.330 e. The summed E-state index contributed by atoms with van der Waals surface area (Å²) < 4.78 is 54.8. The van der Waals surface area contributed by atoms with Crippen molar-refractivity contribution in [2.75, 3.05) is 0 Å². The molecule has 0 spiro atoms. The molecule has 3 aromatic rings.